The third kappa shape index (κ3) is 3.79. The maximum absolute atomic E-state index is 13.3. The number of nitrogens with one attached hydrogen (secondary N) is 1. The fourth-order valence-corrected chi connectivity index (χ4v) is 5.43. The smallest absolute Gasteiger partial charge is 0.231 e. The molecule has 2 bridgehead atoms. The summed E-state index contributed by atoms with van der Waals surface area (Å²) in [6, 6.07) is 7.88. The second-order valence-corrected chi connectivity index (χ2v) is 9.01. The van der Waals surface area contributed by atoms with Crippen LogP contribution in [0.1, 0.15) is 18.9 Å². The number of nitrogens with zero attached hydrogens (tertiary/aromatic N) is 2. The lowest BCUT2D eigenvalue weighted by atomic mass is 9.77. The second-order valence-electron chi connectivity index (χ2n) is 9.01. The summed E-state index contributed by atoms with van der Waals surface area (Å²) in [5.74, 6) is -0.988. The van der Waals surface area contributed by atoms with Crippen molar-refractivity contribution in [2.24, 2.45) is 11.8 Å². The molecule has 4 heterocycles. The van der Waals surface area contributed by atoms with Crippen LogP contribution in [0, 0.1) is 11.8 Å². The van der Waals surface area contributed by atoms with Crippen LogP contribution in [0.5, 0.6) is 0 Å². The number of ether oxygens (including phenoxy) is 2. The number of morpholine rings is 1. The molecule has 5 rings (SSSR count). The molecule has 7 heteroatoms. The summed E-state index contributed by atoms with van der Waals surface area (Å²) < 4.78 is 11.6. The Kier molecular flexibility index (Phi) is 5.58. The van der Waals surface area contributed by atoms with Crippen LogP contribution in [-0.4, -0.2) is 79.3 Å². The van der Waals surface area contributed by atoms with Crippen molar-refractivity contribution in [3.8, 4) is 0 Å². The van der Waals surface area contributed by atoms with Crippen molar-refractivity contribution in [1.82, 2.24) is 9.80 Å². The Hall–Kier alpha value is -2.22. The zero-order valence-corrected chi connectivity index (χ0v) is 18.1. The Bertz CT molecular complexity index is 864. The van der Waals surface area contributed by atoms with E-state index < -0.39 is 17.4 Å². The Balaban J connectivity index is 1.23. The minimum atomic E-state index is -0.644. The van der Waals surface area contributed by atoms with Crippen LogP contribution in [0.15, 0.2) is 36.4 Å². The largest absolute Gasteiger partial charge is 0.379 e. The van der Waals surface area contributed by atoms with Gasteiger partial charge in [0.25, 0.3) is 0 Å². The minimum Gasteiger partial charge on any atom is -0.379 e. The van der Waals surface area contributed by atoms with Gasteiger partial charge >= 0.3 is 0 Å². The molecule has 0 aliphatic carbocycles. The number of amides is 2. The van der Waals surface area contributed by atoms with Crippen LogP contribution in [0.4, 0.5) is 5.69 Å². The molecular formula is C24H31N3O4. The van der Waals surface area contributed by atoms with E-state index in [2.05, 4.69) is 17.1 Å². The van der Waals surface area contributed by atoms with E-state index in [4.69, 9.17) is 9.47 Å². The number of fused-ring (bicyclic) bond motifs is 1. The monoisotopic (exact) mass is 425 g/mol. The SMILES string of the molecule is CCc1ccc(NC(=O)C2[C@H]3C=CC4(CN(CCCN5CCOCC5)C(=O)[C@@H]24)O3)cc1. The highest BCUT2D eigenvalue weighted by Crippen LogP contribution is 2.52. The summed E-state index contributed by atoms with van der Waals surface area (Å²) in [6.45, 7) is 7.78. The molecule has 166 valence electrons. The Morgan fingerprint density at radius 3 is 2.71 bits per heavy atom. The minimum absolute atomic E-state index is 0.0512. The molecule has 2 amide bonds. The molecule has 0 radical (unpaired) electrons. The van der Waals surface area contributed by atoms with E-state index >= 15 is 0 Å². The van der Waals surface area contributed by atoms with E-state index in [9.17, 15) is 9.59 Å². The van der Waals surface area contributed by atoms with Crippen LogP contribution >= 0.6 is 0 Å². The maximum atomic E-state index is 13.3. The van der Waals surface area contributed by atoms with Crippen molar-refractivity contribution in [3.63, 3.8) is 0 Å². The van der Waals surface area contributed by atoms with Gasteiger partial charge in [-0.15, -0.1) is 0 Å². The van der Waals surface area contributed by atoms with Crippen molar-refractivity contribution in [2.45, 2.75) is 31.5 Å². The van der Waals surface area contributed by atoms with Gasteiger partial charge in [-0.2, -0.15) is 0 Å². The van der Waals surface area contributed by atoms with Crippen LogP contribution in [-0.2, 0) is 25.5 Å². The van der Waals surface area contributed by atoms with E-state index in [-0.39, 0.29) is 17.9 Å². The van der Waals surface area contributed by atoms with Gasteiger partial charge in [-0.05, 0) is 30.5 Å². The van der Waals surface area contributed by atoms with Crippen molar-refractivity contribution in [3.05, 3.63) is 42.0 Å². The molecule has 1 spiro atoms. The first kappa shape index (κ1) is 20.7. The van der Waals surface area contributed by atoms with Gasteiger partial charge in [-0.1, -0.05) is 31.2 Å². The highest BCUT2D eigenvalue weighted by atomic mass is 16.5. The first-order valence-electron chi connectivity index (χ1n) is 11.5. The van der Waals surface area contributed by atoms with Crippen molar-refractivity contribution in [2.75, 3.05) is 51.3 Å². The molecule has 3 saturated heterocycles. The normalized spacial score (nSPS) is 32.0. The van der Waals surface area contributed by atoms with Gasteiger partial charge in [0.2, 0.25) is 11.8 Å². The lowest BCUT2D eigenvalue weighted by Crippen LogP contribution is -2.41. The standard InChI is InChI=1S/C24H31N3O4/c1-2-17-4-6-18(7-5-17)25-22(28)20-19-8-9-24(31-19)16-27(23(29)21(20)24)11-3-10-26-12-14-30-15-13-26/h4-9,19-21H,2-3,10-16H2,1H3,(H,25,28)/t19-,20?,21-,24?/m1/s1. The van der Waals surface area contributed by atoms with Gasteiger partial charge in [0.05, 0.1) is 37.7 Å². The highest BCUT2D eigenvalue weighted by molar-refractivity contribution is 5.99. The van der Waals surface area contributed by atoms with E-state index in [0.29, 0.717) is 13.1 Å². The number of aryl methyl sites for hydroxylation is 1. The molecule has 1 N–H and O–H groups in total. The fraction of sp³-hybridized carbons (Fsp3) is 0.583. The van der Waals surface area contributed by atoms with Crippen molar-refractivity contribution >= 4 is 17.5 Å². The summed E-state index contributed by atoms with van der Waals surface area (Å²) in [6.07, 6.45) is 5.53. The first-order valence-corrected chi connectivity index (χ1v) is 11.5. The summed E-state index contributed by atoms with van der Waals surface area (Å²) in [5.41, 5.74) is 1.34. The molecular weight excluding hydrogens is 394 g/mol. The van der Waals surface area contributed by atoms with Crippen LogP contribution < -0.4 is 5.32 Å². The molecule has 1 aromatic rings. The predicted octanol–water partition coefficient (Wildman–Crippen LogP) is 1.69. The molecule has 4 aliphatic rings. The van der Waals surface area contributed by atoms with Gasteiger partial charge in [-0.25, -0.2) is 0 Å². The molecule has 0 aromatic heterocycles. The number of carbonyl (C=O) groups is 2. The maximum Gasteiger partial charge on any atom is 0.231 e. The predicted molar refractivity (Wildman–Crippen MR) is 117 cm³/mol. The number of carbonyl (C=O) groups excluding carboxylic acids is 2. The summed E-state index contributed by atoms with van der Waals surface area (Å²) in [4.78, 5) is 30.7. The number of benzene rings is 1. The average Bonchev–Trinajstić information content (AvgIpc) is 3.43. The van der Waals surface area contributed by atoms with Crippen molar-refractivity contribution < 1.29 is 19.1 Å². The van der Waals surface area contributed by atoms with Crippen molar-refractivity contribution in [1.29, 1.82) is 0 Å². The summed E-state index contributed by atoms with van der Waals surface area (Å²) in [7, 11) is 0. The van der Waals surface area contributed by atoms with Gasteiger partial charge in [0.15, 0.2) is 0 Å². The number of rotatable bonds is 7. The van der Waals surface area contributed by atoms with Gasteiger partial charge in [-0.3, -0.25) is 14.5 Å². The second kappa shape index (κ2) is 8.37. The molecule has 2 unspecified atom stereocenters. The molecule has 7 nitrogen and oxygen atoms in total. The van der Waals surface area contributed by atoms with E-state index in [0.717, 1.165) is 51.4 Å². The van der Waals surface area contributed by atoms with Gasteiger partial charge in [0.1, 0.15) is 5.60 Å². The van der Waals surface area contributed by atoms with E-state index in [1.807, 2.05) is 41.3 Å². The Labute approximate surface area is 183 Å². The molecule has 4 aliphatic heterocycles. The van der Waals surface area contributed by atoms with Gasteiger partial charge < -0.3 is 19.7 Å². The summed E-state index contributed by atoms with van der Waals surface area (Å²) >= 11 is 0. The third-order valence-corrected chi connectivity index (χ3v) is 7.12. The molecule has 4 atom stereocenters. The van der Waals surface area contributed by atoms with Crippen LogP contribution in [0.2, 0.25) is 0 Å². The lowest BCUT2D eigenvalue weighted by molar-refractivity contribution is -0.135. The topological polar surface area (TPSA) is 71.1 Å². The lowest BCUT2D eigenvalue weighted by Gasteiger charge is -2.27. The van der Waals surface area contributed by atoms with Crippen LogP contribution in [0.3, 0.4) is 0 Å². The van der Waals surface area contributed by atoms with E-state index in [1.165, 1.54) is 5.56 Å². The molecule has 1 aromatic carbocycles. The number of hydrogen-bond acceptors (Lipinski definition) is 5. The molecule has 3 fully saturated rings. The molecule has 0 saturated carbocycles. The van der Waals surface area contributed by atoms with E-state index in [1.54, 1.807) is 0 Å². The quantitative estimate of drug-likeness (QED) is 0.674. The van der Waals surface area contributed by atoms with Crippen LogP contribution in [0.25, 0.3) is 0 Å². The number of anilines is 1. The summed E-state index contributed by atoms with van der Waals surface area (Å²) in [5, 5.41) is 3.01. The van der Waals surface area contributed by atoms with Gasteiger partial charge in [0, 0.05) is 31.9 Å². The highest BCUT2D eigenvalue weighted by Gasteiger charge is 2.66. The zero-order chi connectivity index (χ0) is 21.4. The number of hydrogen-bond donors (Lipinski definition) is 1. The zero-order valence-electron chi connectivity index (χ0n) is 18.1. The molecule has 31 heavy (non-hydrogen) atoms. The third-order valence-electron chi connectivity index (χ3n) is 7.12. The number of likely N-dealkylation sites (tertiary alicyclic amines) is 1. The Morgan fingerprint density at radius 1 is 1.19 bits per heavy atom. The Morgan fingerprint density at radius 2 is 1.97 bits per heavy atom. The average molecular weight is 426 g/mol. The first-order chi connectivity index (χ1) is 15.1. The fourth-order valence-electron chi connectivity index (χ4n) is 5.43.